The van der Waals surface area contributed by atoms with Gasteiger partial charge in [0.25, 0.3) is 0 Å². The van der Waals surface area contributed by atoms with E-state index in [0.717, 1.165) is 33.4 Å². The molecule has 0 heterocycles. The van der Waals surface area contributed by atoms with Crippen LogP contribution >= 0.6 is 8.58 Å². The van der Waals surface area contributed by atoms with E-state index in [-0.39, 0.29) is 43.5 Å². The molecule has 41 heavy (non-hydrogen) atoms. The second-order valence-corrected chi connectivity index (χ2v) is 19.3. The first-order valence-corrected chi connectivity index (χ1v) is 16.2. The van der Waals surface area contributed by atoms with Crippen molar-refractivity contribution in [3.8, 4) is 0 Å². The molecule has 0 saturated heterocycles. The lowest BCUT2D eigenvalue weighted by atomic mass is 9.72. The van der Waals surface area contributed by atoms with Crippen LogP contribution in [0.4, 0.5) is 0 Å². The molecule has 0 amide bonds. The van der Waals surface area contributed by atoms with E-state index in [0.29, 0.717) is 0 Å². The number of hydrogen-bond donors (Lipinski definition) is 0. The number of benzene rings is 2. The summed E-state index contributed by atoms with van der Waals surface area (Å²) >= 11 is 0. The Hall–Kier alpha value is -1.79. The lowest BCUT2D eigenvalue weighted by Gasteiger charge is -2.34. The normalized spacial score (nSPS) is 13.9. The van der Waals surface area contributed by atoms with Crippen LogP contribution in [0.3, 0.4) is 0 Å². The summed E-state index contributed by atoms with van der Waals surface area (Å²) in [5.41, 5.74) is 6.87. The molecular formula is C38H59O2P. The molecule has 228 valence electrons. The monoisotopic (exact) mass is 578 g/mol. The molecule has 0 N–H and O–H groups in total. The van der Waals surface area contributed by atoms with Crippen LogP contribution in [-0.2, 0) is 32.5 Å². The molecule has 3 heteroatoms. The zero-order valence-electron chi connectivity index (χ0n) is 29.6. The van der Waals surface area contributed by atoms with Crippen molar-refractivity contribution < 1.29 is 9.59 Å². The minimum absolute atomic E-state index is 0.0510. The Balaban J connectivity index is 2.91. The fourth-order valence-electron chi connectivity index (χ4n) is 5.23. The van der Waals surface area contributed by atoms with Crippen molar-refractivity contribution in [3.63, 3.8) is 0 Å². The van der Waals surface area contributed by atoms with Gasteiger partial charge in [-0.3, -0.25) is 9.59 Å². The van der Waals surface area contributed by atoms with Crippen molar-refractivity contribution in [1.82, 2.24) is 0 Å². The Kier molecular flexibility index (Phi) is 9.54. The van der Waals surface area contributed by atoms with Gasteiger partial charge in [-0.25, -0.2) is 0 Å². The summed E-state index contributed by atoms with van der Waals surface area (Å²) in [6, 6.07) is 8.88. The van der Waals surface area contributed by atoms with Crippen LogP contribution in [0.5, 0.6) is 0 Å². The number of hydrogen-bond acceptors (Lipinski definition) is 2. The van der Waals surface area contributed by atoms with E-state index < -0.39 is 8.58 Å². The van der Waals surface area contributed by atoms with Gasteiger partial charge < -0.3 is 0 Å². The second kappa shape index (κ2) is 11.0. The van der Waals surface area contributed by atoms with Crippen molar-refractivity contribution >= 4 is 19.6 Å². The summed E-state index contributed by atoms with van der Waals surface area (Å²) in [5.74, 6) is 0. The average Bonchev–Trinajstić information content (AvgIpc) is 2.73. The maximum atomic E-state index is 14.5. The highest BCUT2D eigenvalue weighted by Crippen LogP contribution is 2.44. The first-order chi connectivity index (χ1) is 18.0. The summed E-state index contributed by atoms with van der Waals surface area (Å²) in [4.78, 5) is 28.9. The van der Waals surface area contributed by atoms with Crippen LogP contribution in [0.1, 0.15) is 179 Å². The van der Waals surface area contributed by atoms with Crippen LogP contribution in [0.15, 0.2) is 24.3 Å². The minimum Gasteiger partial charge on any atom is -0.289 e. The third-order valence-corrected chi connectivity index (χ3v) is 8.88. The number of rotatable bonds is 4. The first-order valence-electron chi connectivity index (χ1n) is 15.2. The van der Waals surface area contributed by atoms with Crippen molar-refractivity contribution in [2.45, 2.75) is 157 Å². The molecule has 2 aromatic rings. The fourth-order valence-corrected chi connectivity index (χ4v) is 6.23. The van der Waals surface area contributed by atoms with Gasteiger partial charge >= 0.3 is 0 Å². The summed E-state index contributed by atoms with van der Waals surface area (Å²) < 4.78 is 0. The summed E-state index contributed by atoms with van der Waals surface area (Å²) in [6.45, 7) is 39.4. The predicted molar refractivity (Wildman–Crippen MR) is 182 cm³/mol. The maximum Gasteiger partial charge on any atom is 0.189 e. The number of carbonyl (C=O) groups is 2. The molecule has 0 unspecified atom stereocenters. The van der Waals surface area contributed by atoms with Crippen LogP contribution in [0.2, 0.25) is 0 Å². The molecule has 0 bridgehead atoms. The third kappa shape index (κ3) is 8.19. The summed E-state index contributed by atoms with van der Waals surface area (Å²) in [5, 5.41) is 0. The highest BCUT2D eigenvalue weighted by atomic mass is 31.1. The molecule has 2 rings (SSSR count). The molecule has 2 aromatic carbocycles. The van der Waals surface area contributed by atoms with Gasteiger partial charge in [0.2, 0.25) is 0 Å². The quantitative estimate of drug-likeness (QED) is 0.338. The Morgan fingerprint density at radius 1 is 0.390 bits per heavy atom. The zero-order chi connectivity index (χ0) is 32.3. The van der Waals surface area contributed by atoms with Gasteiger partial charge in [-0.1, -0.05) is 149 Å². The summed E-state index contributed by atoms with van der Waals surface area (Å²) in [6.07, 6.45) is 0. The van der Waals surface area contributed by atoms with Crippen molar-refractivity contribution in [2.24, 2.45) is 0 Å². The van der Waals surface area contributed by atoms with Gasteiger partial charge in [0.05, 0.1) is 0 Å². The van der Waals surface area contributed by atoms with Crippen LogP contribution in [0.25, 0.3) is 0 Å². The molecule has 0 aliphatic carbocycles. The number of carbonyl (C=O) groups excluding carboxylic acids is 2. The SMILES string of the molecule is CC(C)(C)c1cc(C(C)(C)C)c(C(=O)PC(=O)c2c(C(C)(C)C)cc(C(C)(C)C)cc2C(C)(C)C)c(C(C)(C)C)c1. The molecule has 0 aliphatic heterocycles. The maximum absolute atomic E-state index is 14.5. The molecule has 0 aromatic heterocycles. The highest BCUT2D eigenvalue weighted by molar-refractivity contribution is 7.75. The second-order valence-electron chi connectivity index (χ2n) is 18.2. The Morgan fingerprint density at radius 3 is 0.732 bits per heavy atom. The van der Waals surface area contributed by atoms with Crippen molar-refractivity contribution in [1.29, 1.82) is 0 Å². The Labute approximate surface area is 254 Å². The molecule has 0 fully saturated rings. The minimum atomic E-state index is -0.474. The third-order valence-electron chi connectivity index (χ3n) is 7.92. The van der Waals surface area contributed by atoms with Gasteiger partial charge in [0.1, 0.15) is 0 Å². The van der Waals surface area contributed by atoms with E-state index in [1.165, 1.54) is 11.1 Å². The zero-order valence-corrected chi connectivity index (χ0v) is 30.6. The molecule has 2 nitrogen and oxygen atoms in total. The lowest BCUT2D eigenvalue weighted by molar-refractivity contribution is 0.105. The standard InChI is InChI=1S/C38H59O2P/c1-33(2,3)23-19-25(35(7,8)9)29(26(20-23)36(10,11)12)31(39)41-32(40)30-27(37(13,14)15)21-24(34(4,5)6)22-28(30)38(16,17)18/h19-22,41H,1-18H3. The molecule has 0 spiro atoms. The van der Waals surface area contributed by atoms with E-state index in [1.54, 1.807) is 0 Å². The average molecular weight is 579 g/mol. The molecule has 0 atom stereocenters. The molecule has 0 saturated carbocycles. The Morgan fingerprint density at radius 2 is 0.585 bits per heavy atom. The van der Waals surface area contributed by atoms with E-state index in [4.69, 9.17) is 0 Å². The lowest BCUT2D eigenvalue weighted by Crippen LogP contribution is -2.27. The molecule has 0 radical (unpaired) electrons. The first kappa shape index (κ1) is 35.4. The largest absolute Gasteiger partial charge is 0.289 e. The van der Waals surface area contributed by atoms with Crippen LogP contribution < -0.4 is 0 Å². The van der Waals surface area contributed by atoms with Crippen LogP contribution in [-0.4, -0.2) is 11.0 Å². The van der Waals surface area contributed by atoms with Gasteiger partial charge in [-0.05, 0) is 65.9 Å². The van der Waals surface area contributed by atoms with Gasteiger partial charge in [0, 0.05) is 19.7 Å². The van der Waals surface area contributed by atoms with Gasteiger partial charge in [-0.2, -0.15) is 0 Å². The van der Waals surface area contributed by atoms with E-state index in [9.17, 15) is 9.59 Å². The van der Waals surface area contributed by atoms with E-state index in [2.05, 4.69) is 149 Å². The predicted octanol–water partition coefficient (Wildman–Crippen LogP) is 11.1. The van der Waals surface area contributed by atoms with E-state index in [1.807, 2.05) is 0 Å². The topological polar surface area (TPSA) is 34.1 Å². The van der Waals surface area contributed by atoms with E-state index >= 15 is 0 Å². The Bertz CT molecular complexity index is 1140. The van der Waals surface area contributed by atoms with Gasteiger partial charge in [-0.15, -0.1) is 0 Å². The van der Waals surface area contributed by atoms with Gasteiger partial charge in [0.15, 0.2) is 11.0 Å². The molecular weight excluding hydrogens is 519 g/mol. The van der Waals surface area contributed by atoms with Crippen LogP contribution in [0, 0.1) is 0 Å². The van der Waals surface area contributed by atoms with Crippen molar-refractivity contribution in [3.05, 3.63) is 68.8 Å². The highest BCUT2D eigenvalue weighted by Gasteiger charge is 2.36. The smallest absolute Gasteiger partial charge is 0.189 e. The summed E-state index contributed by atoms with van der Waals surface area (Å²) in [7, 11) is -0.474. The van der Waals surface area contributed by atoms with Crippen molar-refractivity contribution in [2.75, 3.05) is 0 Å². The fraction of sp³-hybridized carbons (Fsp3) is 0.632. The molecule has 0 aliphatic rings.